The molecule has 0 saturated carbocycles. The van der Waals surface area contributed by atoms with Crippen LogP contribution in [0.5, 0.6) is 0 Å². The molecule has 0 atom stereocenters. The summed E-state index contributed by atoms with van der Waals surface area (Å²) in [5, 5.41) is 0. The van der Waals surface area contributed by atoms with Crippen LogP contribution in [0, 0.1) is 12.8 Å². The number of carbonyl (C=O) groups excluding carboxylic acids is 1. The normalized spacial score (nSPS) is 16.5. The van der Waals surface area contributed by atoms with Crippen molar-refractivity contribution in [2.75, 3.05) is 25.6 Å². The van der Waals surface area contributed by atoms with E-state index in [0.29, 0.717) is 23.8 Å². The van der Waals surface area contributed by atoms with E-state index in [9.17, 15) is 4.79 Å². The zero-order valence-corrected chi connectivity index (χ0v) is 10.6. The quantitative estimate of drug-likeness (QED) is 0.658. The van der Waals surface area contributed by atoms with Crippen molar-refractivity contribution in [3.05, 3.63) is 29.3 Å². The van der Waals surface area contributed by atoms with Crippen LogP contribution in [-0.2, 0) is 9.47 Å². The lowest BCUT2D eigenvalue weighted by atomic mass is 10.0. The molecule has 18 heavy (non-hydrogen) atoms. The van der Waals surface area contributed by atoms with E-state index in [2.05, 4.69) is 0 Å². The lowest BCUT2D eigenvalue weighted by Crippen LogP contribution is -2.22. The molecule has 2 rings (SSSR count). The van der Waals surface area contributed by atoms with Crippen molar-refractivity contribution < 1.29 is 14.3 Å². The molecule has 0 radical (unpaired) electrons. The van der Waals surface area contributed by atoms with Gasteiger partial charge in [0.25, 0.3) is 0 Å². The predicted molar refractivity (Wildman–Crippen MR) is 69.4 cm³/mol. The Bertz CT molecular complexity index is 405. The molecule has 1 fully saturated rings. The van der Waals surface area contributed by atoms with Gasteiger partial charge in [-0.25, -0.2) is 4.79 Å². The largest absolute Gasteiger partial charge is 0.462 e. The molecule has 0 aromatic heterocycles. The summed E-state index contributed by atoms with van der Waals surface area (Å²) in [7, 11) is 0. The minimum atomic E-state index is -0.295. The number of rotatable bonds is 3. The second kappa shape index (κ2) is 5.87. The van der Waals surface area contributed by atoms with Gasteiger partial charge in [0.2, 0.25) is 0 Å². The molecule has 1 saturated heterocycles. The second-order valence-electron chi connectivity index (χ2n) is 4.79. The number of hydrogen-bond donors (Lipinski definition) is 1. The van der Waals surface area contributed by atoms with Gasteiger partial charge in [0.15, 0.2) is 0 Å². The van der Waals surface area contributed by atoms with Gasteiger partial charge in [-0.05, 0) is 49.4 Å². The van der Waals surface area contributed by atoms with E-state index in [-0.39, 0.29) is 5.97 Å². The molecular weight excluding hydrogens is 230 g/mol. The highest BCUT2D eigenvalue weighted by Crippen LogP contribution is 2.17. The van der Waals surface area contributed by atoms with Crippen molar-refractivity contribution in [2.24, 2.45) is 5.92 Å². The maximum Gasteiger partial charge on any atom is 0.338 e. The topological polar surface area (TPSA) is 61.6 Å². The van der Waals surface area contributed by atoms with Crippen molar-refractivity contribution in [1.29, 1.82) is 0 Å². The molecular formula is C14H19NO3. The molecule has 0 amide bonds. The Hall–Kier alpha value is -1.55. The smallest absolute Gasteiger partial charge is 0.338 e. The molecule has 1 aromatic rings. The third-order valence-corrected chi connectivity index (χ3v) is 3.13. The minimum Gasteiger partial charge on any atom is -0.462 e. The van der Waals surface area contributed by atoms with Gasteiger partial charge in [-0.3, -0.25) is 0 Å². The molecule has 1 heterocycles. The van der Waals surface area contributed by atoms with E-state index in [0.717, 1.165) is 31.6 Å². The van der Waals surface area contributed by atoms with Crippen LogP contribution in [-0.4, -0.2) is 25.8 Å². The van der Waals surface area contributed by atoms with E-state index >= 15 is 0 Å². The lowest BCUT2D eigenvalue weighted by molar-refractivity contribution is 0.0185. The van der Waals surface area contributed by atoms with E-state index in [1.165, 1.54) is 0 Å². The van der Waals surface area contributed by atoms with Gasteiger partial charge in [-0.15, -0.1) is 0 Å². The molecule has 1 aromatic carbocycles. The monoisotopic (exact) mass is 249 g/mol. The minimum absolute atomic E-state index is 0.295. The predicted octanol–water partition coefficient (Wildman–Crippen LogP) is 2.16. The third-order valence-electron chi connectivity index (χ3n) is 3.13. The van der Waals surface area contributed by atoms with Crippen molar-refractivity contribution >= 4 is 11.7 Å². The first-order chi connectivity index (χ1) is 8.65. The molecule has 0 bridgehead atoms. The number of nitrogen functional groups attached to an aromatic ring is 1. The summed E-state index contributed by atoms with van der Waals surface area (Å²) in [5.74, 6) is 0.127. The number of ether oxygens (including phenoxy) is 2. The summed E-state index contributed by atoms with van der Waals surface area (Å²) in [5.41, 5.74) is 7.80. The highest BCUT2D eigenvalue weighted by molar-refractivity contribution is 5.90. The average molecular weight is 249 g/mol. The Balaban J connectivity index is 1.90. The summed E-state index contributed by atoms with van der Waals surface area (Å²) in [6.07, 6.45) is 1.92. The molecule has 1 aliphatic rings. The first-order valence-corrected chi connectivity index (χ1v) is 6.27. The van der Waals surface area contributed by atoms with Crippen LogP contribution in [0.1, 0.15) is 28.8 Å². The van der Waals surface area contributed by atoms with Crippen LogP contribution in [0.4, 0.5) is 5.69 Å². The Morgan fingerprint density at radius 3 is 2.78 bits per heavy atom. The van der Waals surface area contributed by atoms with Crippen LogP contribution >= 0.6 is 0 Å². The Morgan fingerprint density at radius 2 is 2.11 bits per heavy atom. The average Bonchev–Trinajstić information content (AvgIpc) is 2.36. The molecule has 4 nitrogen and oxygen atoms in total. The Kier molecular flexibility index (Phi) is 4.20. The SMILES string of the molecule is Cc1cc(N)cc(C(=O)OCC2CCOCC2)c1. The van der Waals surface area contributed by atoms with E-state index in [4.69, 9.17) is 15.2 Å². The third kappa shape index (κ3) is 3.47. The molecule has 4 heteroatoms. The number of aryl methyl sites for hydroxylation is 1. The van der Waals surface area contributed by atoms with Gasteiger partial charge >= 0.3 is 5.97 Å². The number of hydrogen-bond acceptors (Lipinski definition) is 4. The number of carbonyl (C=O) groups is 1. The highest BCUT2D eigenvalue weighted by Gasteiger charge is 2.16. The lowest BCUT2D eigenvalue weighted by Gasteiger charge is -2.21. The molecule has 1 aliphatic heterocycles. The van der Waals surface area contributed by atoms with E-state index in [1.807, 2.05) is 13.0 Å². The number of anilines is 1. The molecule has 2 N–H and O–H groups in total. The summed E-state index contributed by atoms with van der Waals surface area (Å²) in [6.45, 7) is 3.90. The summed E-state index contributed by atoms with van der Waals surface area (Å²) < 4.78 is 10.6. The van der Waals surface area contributed by atoms with Gasteiger partial charge < -0.3 is 15.2 Å². The fourth-order valence-corrected chi connectivity index (χ4v) is 2.12. The van der Waals surface area contributed by atoms with Gasteiger partial charge in [0, 0.05) is 18.9 Å². The van der Waals surface area contributed by atoms with E-state index in [1.54, 1.807) is 12.1 Å². The number of nitrogens with two attached hydrogens (primary N) is 1. The van der Waals surface area contributed by atoms with Crippen molar-refractivity contribution in [1.82, 2.24) is 0 Å². The zero-order valence-electron chi connectivity index (χ0n) is 10.6. The van der Waals surface area contributed by atoms with Gasteiger partial charge in [0.05, 0.1) is 12.2 Å². The van der Waals surface area contributed by atoms with Gasteiger partial charge in [-0.1, -0.05) is 0 Å². The van der Waals surface area contributed by atoms with Crippen molar-refractivity contribution in [2.45, 2.75) is 19.8 Å². The molecule has 98 valence electrons. The van der Waals surface area contributed by atoms with Crippen LogP contribution in [0.2, 0.25) is 0 Å². The molecule has 0 unspecified atom stereocenters. The van der Waals surface area contributed by atoms with Crippen LogP contribution in [0.15, 0.2) is 18.2 Å². The highest BCUT2D eigenvalue weighted by atomic mass is 16.5. The van der Waals surface area contributed by atoms with E-state index < -0.39 is 0 Å². The van der Waals surface area contributed by atoms with Crippen molar-refractivity contribution in [3.63, 3.8) is 0 Å². The van der Waals surface area contributed by atoms with Crippen LogP contribution in [0.25, 0.3) is 0 Å². The zero-order chi connectivity index (χ0) is 13.0. The maximum absolute atomic E-state index is 11.9. The van der Waals surface area contributed by atoms with Crippen LogP contribution < -0.4 is 5.73 Å². The fraction of sp³-hybridized carbons (Fsp3) is 0.500. The first kappa shape index (κ1) is 12.9. The molecule has 0 spiro atoms. The second-order valence-corrected chi connectivity index (χ2v) is 4.79. The van der Waals surface area contributed by atoms with Gasteiger partial charge in [-0.2, -0.15) is 0 Å². The maximum atomic E-state index is 11.9. The fourth-order valence-electron chi connectivity index (χ4n) is 2.12. The number of benzene rings is 1. The number of esters is 1. The van der Waals surface area contributed by atoms with Gasteiger partial charge in [0.1, 0.15) is 0 Å². The Morgan fingerprint density at radius 1 is 1.39 bits per heavy atom. The summed E-state index contributed by atoms with van der Waals surface area (Å²) >= 11 is 0. The molecule has 0 aliphatic carbocycles. The first-order valence-electron chi connectivity index (χ1n) is 6.27. The summed E-state index contributed by atoms with van der Waals surface area (Å²) in [4.78, 5) is 11.9. The van der Waals surface area contributed by atoms with Crippen molar-refractivity contribution in [3.8, 4) is 0 Å². The van der Waals surface area contributed by atoms with Crippen LogP contribution in [0.3, 0.4) is 0 Å². The Labute approximate surface area is 107 Å². The summed E-state index contributed by atoms with van der Waals surface area (Å²) in [6, 6.07) is 5.28. The standard InChI is InChI=1S/C14H19NO3/c1-10-6-12(8-13(15)7-10)14(16)18-9-11-2-4-17-5-3-11/h6-8,11H,2-5,9,15H2,1H3.